The summed E-state index contributed by atoms with van der Waals surface area (Å²) in [4.78, 5) is 10.9. The van der Waals surface area contributed by atoms with Gasteiger partial charge in [-0.25, -0.2) is 4.79 Å². The van der Waals surface area contributed by atoms with Crippen LogP contribution in [0.15, 0.2) is 48.5 Å². The van der Waals surface area contributed by atoms with Crippen molar-refractivity contribution < 1.29 is 14.6 Å². The van der Waals surface area contributed by atoms with Gasteiger partial charge in [0.15, 0.2) is 0 Å². The van der Waals surface area contributed by atoms with Crippen LogP contribution < -0.4 is 4.74 Å². The first-order valence-electron chi connectivity index (χ1n) is 7.22. The van der Waals surface area contributed by atoms with Gasteiger partial charge in [0.1, 0.15) is 5.75 Å². The molecule has 0 aliphatic carbocycles. The third kappa shape index (κ3) is 4.45. The molecule has 0 atom stereocenters. The van der Waals surface area contributed by atoms with Crippen LogP contribution in [0.2, 0.25) is 0 Å². The molecule has 0 unspecified atom stereocenters. The van der Waals surface area contributed by atoms with Gasteiger partial charge in [-0.15, -0.1) is 0 Å². The number of allylic oxidation sites excluding steroid dienone is 1. The van der Waals surface area contributed by atoms with E-state index in [9.17, 15) is 10.1 Å². The van der Waals surface area contributed by atoms with Crippen LogP contribution in [0.5, 0.6) is 5.75 Å². The summed E-state index contributed by atoms with van der Waals surface area (Å²) in [7, 11) is 0. The molecule has 2 aromatic rings. The minimum atomic E-state index is -0.986. The zero-order valence-electron chi connectivity index (χ0n) is 13.0. The summed E-state index contributed by atoms with van der Waals surface area (Å²) in [5.74, 6) is -0.207. The molecule has 23 heavy (non-hydrogen) atoms. The topological polar surface area (TPSA) is 70.3 Å². The molecular formula is C19H17NO3. The summed E-state index contributed by atoms with van der Waals surface area (Å²) in [5, 5.41) is 18.2. The van der Waals surface area contributed by atoms with Gasteiger partial charge >= 0.3 is 5.97 Å². The predicted octanol–water partition coefficient (Wildman–Crippen LogP) is 4.24. The van der Waals surface area contributed by atoms with E-state index in [2.05, 4.69) is 6.07 Å². The maximum Gasteiger partial charge on any atom is 0.335 e. The van der Waals surface area contributed by atoms with Crippen molar-refractivity contribution in [1.82, 2.24) is 0 Å². The molecule has 1 N–H and O–H groups in total. The van der Waals surface area contributed by atoms with Gasteiger partial charge in [0.25, 0.3) is 0 Å². The lowest BCUT2D eigenvalue weighted by Gasteiger charge is -2.09. The zero-order chi connectivity index (χ0) is 16.8. The quantitative estimate of drug-likeness (QED) is 0.662. The Hall–Kier alpha value is -3.06. The largest absolute Gasteiger partial charge is 0.491 e. The summed E-state index contributed by atoms with van der Waals surface area (Å²) in [6.45, 7) is 3.92. The van der Waals surface area contributed by atoms with Crippen molar-refractivity contribution in [3.63, 3.8) is 0 Å². The summed E-state index contributed by atoms with van der Waals surface area (Å²) in [6, 6.07) is 15.9. The number of ether oxygens (including phenoxy) is 1. The van der Waals surface area contributed by atoms with E-state index in [1.807, 2.05) is 38.1 Å². The van der Waals surface area contributed by atoms with Crippen molar-refractivity contribution >= 4 is 17.6 Å². The van der Waals surface area contributed by atoms with E-state index < -0.39 is 5.97 Å². The highest BCUT2D eigenvalue weighted by Crippen LogP contribution is 2.20. The Balaban J connectivity index is 2.24. The molecule has 0 spiro atoms. The van der Waals surface area contributed by atoms with Crippen LogP contribution >= 0.6 is 0 Å². The monoisotopic (exact) mass is 307 g/mol. The van der Waals surface area contributed by atoms with Crippen molar-refractivity contribution in [3.05, 3.63) is 65.2 Å². The second-order valence-corrected chi connectivity index (χ2v) is 5.29. The van der Waals surface area contributed by atoms with Gasteiger partial charge in [0.05, 0.1) is 23.3 Å². The first kappa shape index (κ1) is 16.3. The molecule has 0 saturated carbocycles. The van der Waals surface area contributed by atoms with Crippen LogP contribution in [-0.2, 0) is 0 Å². The lowest BCUT2D eigenvalue weighted by molar-refractivity contribution is 0.0697. The Labute approximate surface area is 135 Å². The number of rotatable bonds is 5. The van der Waals surface area contributed by atoms with Gasteiger partial charge in [-0.2, -0.15) is 5.26 Å². The smallest absolute Gasteiger partial charge is 0.335 e. The van der Waals surface area contributed by atoms with Gasteiger partial charge in [-0.1, -0.05) is 24.3 Å². The first-order valence-corrected chi connectivity index (χ1v) is 7.22. The van der Waals surface area contributed by atoms with Crippen LogP contribution in [0.25, 0.3) is 11.6 Å². The summed E-state index contributed by atoms with van der Waals surface area (Å²) in [5.41, 5.74) is 2.22. The Morgan fingerprint density at radius 2 is 1.65 bits per heavy atom. The van der Waals surface area contributed by atoms with Gasteiger partial charge < -0.3 is 9.84 Å². The lowest BCUT2D eigenvalue weighted by atomic mass is 10.0. The Morgan fingerprint density at radius 3 is 2.13 bits per heavy atom. The molecule has 2 rings (SSSR count). The number of nitriles is 1. The van der Waals surface area contributed by atoms with Crippen LogP contribution in [0.4, 0.5) is 0 Å². The van der Waals surface area contributed by atoms with E-state index in [1.165, 1.54) is 12.1 Å². The molecule has 0 radical (unpaired) electrons. The standard InChI is InChI=1S/C19H17NO3/c1-13(2)23-18-9-3-14(4-10-18)11-17(12-20)15-5-7-16(8-6-15)19(21)22/h3-11,13H,1-2H3,(H,21,22). The van der Waals surface area contributed by atoms with Gasteiger partial charge in [0.2, 0.25) is 0 Å². The molecule has 0 amide bonds. The van der Waals surface area contributed by atoms with Crippen LogP contribution in [0, 0.1) is 11.3 Å². The maximum atomic E-state index is 10.9. The first-order chi connectivity index (χ1) is 11.0. The van der Waals surface area contributed by atoms with E-state index >= 15 is 0 Å². The highest BCUT2D eigenvalue weighted by molar-refractivity contribution is 5.92. The van der Waals surface area contributed by atoms with E-state index in [0.29, 0.717) is 11.1 Å². The van der Waals surface area contributed by atoms with Crippen LogP contribution in [0.3, 0.4) is 0 Å². The Morgan fingerprint density at radius 1 is 1.09 bits per heavy atom. The fourth-order valence-corrected chi connectivity index (χ4v) is 2.05. The van der Waals surface area contributed by atoms with Gasteiger partial charge in [0, 0.05) is 0 Å². The zero-order valence-corrected chi connectivity index (χ0v) is 13.0. The average Bonchev–Trinajstić information content (AvgIpc) is 2.53. The minimum absolute atomic E-state index is 0.110. The fourth-order valence-electron chi connectivity index (χ4n) is 2.05. The maximum absolute atomic E-state index is 10.9. The molecule has 0 aliphatic heterocycles. The lowest BCUT2D eigenvalue weighted by Crippen LogP contribution is -2.05. The molecule has 0 fully saturated rings. The summed E-state index contributed by atoms with van der Waals surface area (Å²) >= 11 is 0. The van der Waals surface area contributed by atoms with Gasteiger partial charge in [-0.3, -0.25) is 0 Å². The van der Waals surface area contributed by atoms with Crippen molar-refractivity contribution in [3.8, 4) is 11.8 Å². The fraction of sp³-hybridized carbons (Fsp3) is 0.158. The summed E-state index contributed by atoms with van der Waals surface area (Å²) in [6.07, 6.45) is 1.87. The predicted molar refractivity (Wildman–Crippen MR) is 89.1 cm³/mol. The Bertz CT molecular complexity index is 751. The molecule has 0 heterocycles. The number of hydrogen-bond donors (Lipinski definition) is 1. The van der Waals surface area contributed by atoms with Crippen molar-refractivity contribution in [2.45, 2.75) is 20.0 Å². The highest BCUT2D eigenvalue weighted by atomic mass is 16.5. The third-order valence-electron chi connectivity index (χ3n) is 3.13. The van der Waals surface area contributed by atoms with Gasteiger partial charge in [-0.05, 0) is 55.3 Å². The minimum Gasteiger partial charge on any atom is -0.491 e. The normalized spacial score (nSPS) is 11.1. The number of nitrogens with zero attached hydrogens (tertiary/aromatic N) is 1. The Kier molecular flexibility index (Phi) is 5.16. The molecule has 0 aliphatic rings. The number of carbonyl (C=O) groups is 1. The van der Waals surface area contributed by atoms with Crippen LogP contribution in [0.1, 0.15) is 35.3 Å². The molecule has 4 nitrogen and oxygen atoms in total. The van der Waals surface area contributed by atoms with E-state index in [1.54, 1.807) is 18.2 Å². The molecule has 0 aromatic heterocycles. The van der Waals surface area contributed by atoms with Crippen LogP contribution in [-0.4, -0.2) is 17.2 Å². The highest BCUT2D eigenvalue weighted by Gasteiger charge is 2.05. The van der Waals surface area contributed by atoms with E-state index in [0.717, 1.165) is 11.3 Å². The summed E-state index contributed by atoms with van der Waals surface area (Å²) < 4.78 is 5.58. The third-order valence-corrected chi connectivity index (χ3v) is 3.13. The van der Waals surface area contributed by atoms with Crippen molar-refractivity contribution in [2.24, 2.45) is 0 Å². The number of carboxylic acids is 1. The number of hydrogen-bond acceptors (Lipinski definition) is 3. The van der Waals surface area contributed by atoms with E-state index in [-0.39, 0.29) is 11.7 Å². The average molecular weight is 307 g/mol. The SMILES string of the molecule is CC(C)Oc1ccc(C=C(C#N)c2ccc(C(=O)O)cc2)cc1. The second kappa shape index (κ2) is 7.28. The van der Waals surface area contributed by atoms with E-state index in [4.69, 9.17) is 9.84 Å². The van der Waals surface area contributed by atoms with Crippen molar-refractivity contribution in [2.75, 3.05) is 0 Å². The second-order valence-electron chi connectivity index (χ2n) is 5.29. The number of aromatic carboxylic acids is 1. The van der Waals surface area contributed by atoms with Crippen molar-refractivity contribution in [1.29, 1.82) is 5.26 Å². The number of carboxylic acid groups (broad SMARTS) is 1. The molecule has 116 valence electrons. The molecular weight excluding hydrogens is 290 g/mol. The molecule has 4 heteroatoms. The number of benzene rings is 2. The molecule has 2 aromatic carbocycles. The molecule has 0 bridgehead atoms. The molecule has 0 saturated heterocycles.